The number of fused-ring (bicyclic) bond motifs is 3. The van der Waals surface area contributed by atoms with E-state index in [1.807, 2.05) is 0 Å². The Bertz CT molecular complexity index is 683. The molecular formula is C15H13N. The van der Waals surface area contributed by atoms with Gasteiger partial charge in [0.15, 0.2) is 0 Å². The molecule has 0 amide bonds. The number of benzene rings is 2. The van der Waals surface area contributed by atoms with E-state index >= 15 is 0 Å². The number of aromatic nitrogens is 1. The Hall–Kier alpha value is -1.89. The third-order valence-electron chi connectivity index (χ3n) is 3.05. The molecule has 0 saturated heterocycles. The molecular weight excluding hydrogens is 194 g/mol. The highest BCUT2D eigenvalue weighted by atomic mass is 14.7. The molecule has 0 aliphatic heterocycles. The average Bonchev–Trinajstić information content (AvgIpc) is 2.31. The van der Waals surface area contributed by atoms with Crippen LogP contribution in [0.15, 0.2) is 42.5 Å². The molecule has 16 heavy (non-hydrogen) atoms. The molecule has 2 aromatic carbocycles. The van der Waals surface area contributed by atoms with E-state index in [4.69, 9.17) is 0 Å². The summed E-state index contributed by atoms with van der Waals surface area (Å²) in [7, 11) is 0. The van der Waals surface area contributed by atoms with Gasteiger partial charge in [-0.1, -0.05) is 35.9 Å². The summed E-state index contributed by atoms with van der Waals surface area (Å²) in [6.45, 7) is 4.19. The van der Waals surface area contributed by atoms with Crippen molar-refractivity contribution in [3.05, 3.63) is 53.7 Å². The Balaban J connectivity index is 2.61. The molecule has 1 aromatic heterocycles. The minimum absolute atomic E-state index is 1.09. The maximum absolute atomic E-state index is 4.64. The zero-order valence-corrected chi connectivity index (χ0v) is 9.49. The van der Waals surface area contributed by atoms with Gasteiger partial charge < -0.3 is 0 Å². The van der Waals surface area contributed by atoms with Crippen LogP contribution in [0.2, 0.25) is 0 Å². The highest BCUT2D eigenvalue weighted by molar-refractivity contribution is 6.06. The van der Waals surface area contributed by atoms with Crippen molar-refractivity contribution in [3.63, 3.8) is 0 Å². The molecule has 0 aliphatic rings. The Labute approximate surface area is 94.7 Å². The lowest BCUT2D eigenvalue weighted by Gasteiger charge is -2.06. The van der Waals surface area contributed by atoms with Crippen molar-refractivity contribution < 1.29 is 0 Å². The monoisotopic (exact) mass is 207 g/mol. The smallest absolute Gasteiger partial charge is 0.0711 e. The second-order valence-electron chi connectivity index (χ2n) is 4.26. The highest BCUT2D eigenvalue weighted by Gasteiger charge is 2.04. The molecule has 0 spiro atoms. The van der Waals surface area contributed by atoms with Crippen LogP contribution in [0, 0.1) is 13.8 Å². The van der Waals surface area contributed by atoms with Gasteiger partial charge in [-0.05, 0) is 31.4 Å². The van der Waals surface area contributed by atoms with Crippen molar-refractivity contribution in [2.24, 2.45) is 0 Å². The van der Waals surface area contributed by atoms with Crippen molar-refractivity contribution in [2.45, 2.75) is 13.8 Å². The van der Waals surface area contributed by atoms with Gasteiger partial charge in [-0.2, -0.15) is 0 Å². The number of hydrogen-bond donors (Lipinski definition) is 0. The second-order valence-corrected chi connectivity index (χ2v) is 4.26. The first-order valence-electron chi connectivity index (χ1n) is 5.51. The van der Waals surface area contributed by atoms with Gasteiger partial charge in [0.25, 0.3) is 0 Å². The molecule has 0 N–H and O–H groups in total. The fraction of sp³-hybridized carbons (Fsp3) is 0.133. The summed E-state index contributed by atoms with van der Waals surface area (Å²) in [6, 6.07) is 14.9. The molecule has 3 aromatic rings. The predicted molar refractivity (Wildman–Crippen MR) is 68.7 cm³/mol. The van der Waals surface area contributed by atoms with Crippen LogP contribution in [0.25, 0.3) is 21.7 Å². The van der Waals surface area contributed by atoms with E-state index in [-0.39, 0.29) is 0 Å². The van der Waals surface area contributed by atoms with E-state index in [1.165, 1.54) is 21.7 Å². The van der Waals surface area contributed by atoms with Gasteiger partial charge >= 0.3 is 0 Å². The second kappa shape index (κ2) is 3.31. The van der Waals surface area contributed by atoms with Crippen LogP contribution < -0.4 is 0 Å². The third kappa shape index (κ3) is 1.28. The van der Waals surface area contributed by atoms with Crippen molar-refractivity contribution >= 4 is 21.7 Å². The number of rotatable bonds is 0. The minimum atomic E-state index is 1.09. The van der Waals surface area contributed by atoms with Crippen LogP contribution >= 0.6 is 0 Å². The zero-order valence-electron chi connectivity index (χ0n) is 9.49. The molecule has 0 radical (unpaired) electrons. The maximum atomic E-state index is 4.64. The number of nitrogens with zero attached hydrogens (tertiary/aromatic N) is 1. The molecule has 3 rings (SSSR count). The van der Waals surface area contributed by atoms with Crippen molar-refractivity contribution in [3.8, 4) is 0 Å². The lowest BCUT2D eigenvalue weighted by Crippen LogP contribution is -1.88. The maximum Gasteiger partial charge on any atom is 0.0711 e. The lowest BCUT2D eigenvalue weighted by atomic mass is 10.0. The summed E-state index contributed by atoms with van der Waals surface area (Å²) in [5, 5.41) is 3.80. The van der Waals surface area contributed by atoms with Gasteiger partial charge in [0.05, 0.1) is 5.52 Å². The molecule has 1 nitrogen and oxygen atoms in total. The van der Waals surface area contributed by atoms with E-state index in [0.29, 0.717) is 0 Å². The van der Waals surface area contributed by atoms with Crippen LogP contribution in [0.4, 0.5) is 0 Å². The molecule has 1 heterocycles. The van der Waals surface area contributed by atoms with Crippen LogP contribution in [-0.2, 0) is 0 Å². The van der Waals surface area contributed by atoms with Gasteiger partial charge in [0, 0.05) is 16.5 Å². The Morgan fingerprint density at radius 1 is 0.812 bits per heavy atom. The molecule has 78 valence electrons. The van der Waals surface area contributed by atoms with E-state index < -0.39 is 0 Å². The first kappa shape index (κ1) is 9.34. The first-order valence-corrected chi connectivity index (χ1v) is 5.51. The lowest BCUT2D eigenvalue weighted by molar-refractivity contribution is 1.29. The van der Waals surface area contributed by atoms with Crippen LogP contribution in [0.1, 0.15) is 11.3 Å². The summed E-state index contributed by atoms with van der Waals surface area (Å²) >= 11 is 0. The fourth-order valence-electron chi connectivity index (χ4n) is 2.24. The molecule has 0 bridgehead atoms. The first-order chi connectivity index (χ1) is 7.75. The molecule has 0 aliphatic carbocycles. The van der Waals surface area contributed by atoms with Gasteiger partial charge in [-0.25, -0.2) is 0 Å². The zero-order chi connectivity index (χ0) is 11.1. The van der Waals surface area contributed by atoms with E-state index in [2.05, 4.69) is 61.3 Å². The van der Waals surface area contributed by atoms with Crippen molar-refractivity contribution in [1.29, 1.82) is 0 Å². The fourth-order valence-corrected chi connectivity index (χ4v) is 2.24. The summed E-state index contributed by atoms with van der Waals surface area (Å²) in [6.07, 6.45) is 0. The Morgan fingerprint density at radius 3 is 2.38 bits per heavy atom. The molecule has 0 unspecified atom stereocenters. The SMILES string of the molecule is Cc1ccc2nc(C)c3ccccc3c2c1. The van der Waals surface area contributed by atoms with E-state index in [0.717, 1.165) is 11.2 Å². The highest BCUT2D eigenvalue weighted by Crippen LogP contribution is 2.26. The molecule has 1 heteroatoms. The van der Waals surface area contributed by atoms with Gasteiger partial charge in [0.2, 0.25) is 0 Å². The van der Waals surface area contributed by atoms with Crippen molar-refractivity contribution in [2.75, 3.05) is 0 Å². The van der Waals surface area contributed by atoms with Crippen molar-refractivity contribution in [1.82, 2.24) is 4.98 Å². The molecule has 0 atom stereocenters. The molecule has 0 saturated carbocycles. The number of aryl methyl sites for hydroxylation is 2. The quantitative estimate of drug-likeness (QED) is 0.508. The Morgan fingerprint density at radius 2 is 1.56 bits per heavy atom. The van der Waals surface area contributed by atoms with Crippen LogP contribution in [0.3, 0.4) is 0 Å². The van der Waals surface area contributed by atoms with E-state index in [1.54, 1.807) is 0 Å². The van der Waals surface area contributed by atoms with Crippen LogP contribution in [-0.4, -0.2) is 4.98 Å². The van der Waals surface area contributed by atoms with Gasteiger partial charge in [0.1, 0.15) is 0 Å². The third-order valence-corrected chi connectivity index (χ3v) is 3.05. The standard InChI is InChI=1S/C15H13N/c1-10-7-8-15-14(9-10)13-6-4-3-5-12(13)11(2)16-15/h3-9H,1-2H3. The Kier molecular flexibility index (Phi) is 1.93. The van der Waals surface area contributed by atoms with Gasteiger partial charge in [-0.3, -0.25) is 4.98 Å². The predicted octanol–water partition coefficient (Wildman–Crippen LogP) is 4.00. The molecule has 0 fully saturated rings. The summed E-state index contributed by atoms with van der Waals surface area (Å²) in [5.74, 6) is 0. The summed E-state index contributed by atoms with van der Waals surface area (Å²) in [5.41, 5.74) is 3.47. The van der Waals surface area contributed by atoms with E-state index in [9.17, 15) is 0 Å². The summed E-state index contributed by atoms with van der Waals surface area (Å²) in [4.78, 5) is 4.64. The van der Waals surface area contributed by atoms with Crippen LogP contribution in [0.5, 0.6) is 0 Å². The number of hydrogen-bond acceptors (Lipinski definition) is 1. The largest absolute Gasteiger partial charge is 0.252 e. The normalized spacial score (nSPS) is 11.1. The summed E-state index contributed by atoms with van der Waals surface area (Å²) < 4.78 is 0. The minimum Gasteiger partial charge on any atom is -0.252 e. The average molecular weight is 207 g/mol. The topological polar surface area (TPSA) is 12.9 Å². The number of pyridine rings is 1. The van der Waals surface area contributed by atoms with Gasteiger partial charge in [-0.15, -0.1) is 0 Å².